The largest absolute Gasteiger partial charge is 0.255 e. The average Bonchev–Trinajstić information content (AvgIpc) is 2.69. The number of hydrogen-bond acceptors (Lipinski definition) is 2. The second-order valence-corrected chi connectivity index (χ2v) is 3.67. The zero-order chi connectivity index (χ0) is 10.8. The maximum absolute atomic E-state index is 3.20. The van der Waals surface area contributed by atoms with Gasteiger partial charge < -0.3 is 0 Å². The highest BCUT2D eigenvalue weighted by Crippen LogP contribution is 2.25. The third-order valence-electron chi connectivity index (χ3n) is 1.42. The minimum atomic E-state index is 1.01. The quantitative estimate of drug-likeness (QED) is 0.644. The molecular formula is C12H21NS. The number of hydrogen-bond donors (Lipinski definition) is 1. The Labute approximate surface area is 92.4 Å². The molecule has 1 aromatic carbocycles. The molecule has 0 fully saturated rings. The summed E-state index contributed by atoms with van der Waals surface area (Å²) >= 11 is 1.72. The normalized spacial score (nSPS) is 11.7. The second-order valence-electron chi connectivity index (χ2n) is 2.74. The Kier molecular flexibility index (Phi) is 8.79. The highest BCUT2D eigenvalue weighted by Gasteiger charge is 2.07. The maximum atomic E-state index is 3.20. The summed E-state index contributed by atoms with van der Waals surface area (Å²) in [6.45, 7) is 9.26. The van der Waals surface area contributed by atoms with Gasteiger partial charge >= 0.3 is 0 Å². The van der Waals surface area contributed by atoms with E-state index in [0.717, 1.165) is 6.54 Å². The first-order chi connectivity index (χ1) is 6.88. The van der Waals surface area contributed by atoms with Crippen molar-refractivity contribution in [2.75, 3.05) is 0 Å². The molecule has 0 aliphatic carbocycles. The molecule has 2 heteroatoms. The SMILES string of the molecule is CC.CCC.c1ccc2c(c1)CNS2. The molecule has 1 aliphatic rings. The van der Waals surface area contributed by atoms with E-state index in [1.54, 1.807) is 11.9 Å². The third kappa shape index (κ3) is 4.68. The van der Waals surface area contributed by atoms with Gasteiger partial charge in [-0.2, -0.15) is 0 Å². The van der Waals surface area contributed by atoms with Crippen molar-refractivity contribution in [3.05, 3.63) is 29.8 Å². The van der Waals surface area contributed by atoms with Crippen molar-refractivity contribution < 1.29 is 0 Å². The Balaban J connectivity index is 0.000000294. The molecule has 80 valence electrons. The Hall–Kier alpha value is -0.470. The van der Waals surface area contributed by atoms with Crippen LogP contribution in [0.4, 0.5) is 0 Å². The van der Waals surface area contributed by atoms with Crippen LogP contribution in [0.1, 0.15) is 39.7 Å². The summed E-state index contributed by atoms with van der Waals surface area (Å²) in [7, 11) is 0. The first kappa shape index (κ1) is 13.5. The van der Waals surface area contributed by atoms with E-state index in [0.29, 0.717) is 0 Å². The van der Waals surface area contributed by atoms with Crippen LogP contribution in [-0.2, 0) is 6.54 Å². The fourth-order valence-corrected chi connectivity index (χ4v) is 1.74. The van der Waals surface area contributed by atoms with Gasteiger partial charge in [-0.3, -0.25) is 4.72 Å². The first-order valence-corrected chi connectivity index (χ1v) is 6.17. The van der Waals surface area contributed by atoms with Crippen LogP contribution in [0, 0.1) is 0 Å². The lowest BCUT2D eigenvalue weighted by molar-refractivity contribution is 0.994. The van der Waals surface area contributed by atoms with E-state index in [4.69, 9.17) is 0 Å². The number of fused-ring (bicyclic) bond motifs is 1. The summed E-state index contributed by atoms with van der Waals surface area (Å²) in [5.74, 6) is 0. The minimum absolute atomic E-state index is 1.01. The van der Waals surface area contributed by atoms with Crippen molar-refractivity contribution >= 4 is 11.9 Å². The molecule has 0 bridgehead atoms. The molecule has 0 saturated heterocycles. The topological polar surface area (TPSA) is 12.0 Å². The molecule has 0 spiro atoms. The van der Waals surface area contributed by atoms with Crippen LogP contribution in [0.3, 0.4) is 0 Å². The molecule has 0 saturated carbocycles. The highest BCUT2D eigenvalue weighted by molar-refractivity contribution is 7.97. The molecule has 1 aromatic rings. The van der Waals surface area contributed by atoms with Gasteiger partial charge in [-0.15, -0.1) is 0 Å². The number of benzene rings is 1. The smallest absolute Gasteiger partial charge is 0.0324 e. The van der Waals surface area contributed by atoms with Gasteiger partial charge in [0.15, 0.2) is 0 Å². The van der Waals surface area contributed by atoms with Crippen molar-refractivity contribution in [1.29, 1.82) is 0 Å². The monoisotopic (exact) mass is 211 g/mol. The zero-order valence-electron chi connectivity index (χ0n) is 9.63. The van der Waals surface area contributed by atoms with Crippen molar-refractivity contribution in [3.63, 3.8) is 0 Å². The molecule has 1 heterocycles. The van der Waals surface area contributed by atoms with Crippen LogP contribution in [0.2, 0.25) is 0 Å². The van der Waals surface area contributed by atoms with Crippen molar-refractivity contribution in [2.24, 2.45) is 0 Å². The standard InChI is InChI=1S/C7H7NS.C3H8.C2H6/c1-2-4-7-6(3-1)5-8-9-7;1-3-2;1-2/h1-4,8H,5H2;3H2,1-2H3;1-2H3. The van der Waals surface area contributed by atoms with Crippen LogP contribution in [-0.4, -0.2) is 0 Å². The molecule has 1 N–H and O–H groups in total. The Morgan fingerprint density at radius 1 is 1.21 bits per heavy atom. The van der Waals surface area contributed by atoms with Gasteiger partial charge in [0.05, 0.1) is 0 Å². The van der Waals surface area contributed by atoms with Crippen LogP contribution in [0.15, 0.2) is 29.2 Å². The fraction of sp³-hybridized carbons (Fsp3) is 0.500. The van der Waals surface area contributed by atoms with Crippen molar-refractivity contribution in [3.8, 4) is 0 Å². The third-order valence-corrected chi connectivity index (χ3v) is 2.32. The van der Waals surface area contributed by atoms with Crippen molar-refractivity contribution in [2.45, 2.75) is 45.6 Å². The van der Waals surface area contributed by atoms with Crippen LogP contribution in [0.5, 0.6) is 0 Å². The lowest BCUT2D eigenvalue weighted by Crippen LogP contribution is -1.90. The minimum Gasteiger partial charge on any atom is -0.255 e. The lowest BCUT2D eigenvalue weighted by Gasteiger charge is -1.90. The summed E-state index contributed by atoms with van der Waals surface area (Å²) in [5.41, 5.74) is 1.42. The fourth-order valence-electron chi connectivity index (χ4n) is 0.941. The van der Waals surface area contributed by atoms with E-state index in [2.05, 4.69) is 42.8 Å². The first-order valence-electron chi connectivity index (χ1n) is 5.36. The van der Waals surface area contributed by atoms with Gasteiger partial charge in [-0.1, -0.05) is 52.3 Å². The molecule has 0 amide bonds. The van der Waals surface area contributed by atoms with E-state index in [1.165, 1.54) is 16.9 Å². The van der Waals surface area contributed by atoms with Gasteiger partial charge in [-0.25, -0.2) is 0 Å². The summed E-state index contributed by atoms with van der Waals surface area (Å²) in [4.78, 5) is 1.37. The Morgan fingerprint density at radius 2 is 1.79 bits per heavy atom. The van der Waals surface area contributed by atoms with E-state index < -0.39 is 0 Å². The van der Waals surface area contributed by atoms with Gasteiger partial charge in [0, 0.05) is 11.4 Å². The number of rotatable bonds is 0. The molecule has 14 heavy (non-hydrogen) atoms. The molecule has 0 unspecified atom stereocenters. The molecule has 0 radical (unpaired) electrons. The maximum Gasteiger partial charge on any atom is 0.0324 e. The van der Waals surface area contributed by atoms with Gasteiger partial charge in [-0.05, 0) is 23.6 Å². The summed E-state index contributed by atoms with van der Waals surface area (Å²) in [5, 5.41) is 0. The van der Waals surface area contributed by atoms with Gasteiger partial charge in [0.2, 0.25) is 0 Å². The predicted octanol–water partition coefficient (Wildman–Crippen LogP) is 4.24. The van der Waals surface area contributed by atoms with Crippen LogP contribution >= 0.6 is 11.9 Å². The van der Waals surface area contributed by atoms with Crippen molar-refractivity contribution in [1.82, 2.24) is 4.72 Å². The number of nitrogens with one attached hydrogen (secondary N) is 1. The molecule has 2 rings (SSSR count). The lowest BCUT2D eigenvalue weighted by atomic mass is 10.2. The summed E-state index contributed by atoms with van der Waals surface area (Å²) in [6, 6.07) is 8.44. The van der Waals surface area contributed by atoms with E-state index in [9.17, 15) is 0 Å². The van der Waals surface area contributed by atoms with E-state index in [-0.39, 0.29) is 0 Å². The zero-order valence-corrected chi connectivity index (χ0v) is 10.4. The average molecular weight is 211 g/mol. The Morgan fingerprint density at radius 3 is 2.36 bits per heavy atom. The van der Waals surface area contributed by atoms with Crippen LogP contribution in [0.25, 0.3) is 0 Å². The molecule has 1 nitrogen and oxygen atoms in total. The van der Waals surface area contributed by atoms with E-state index in [1.807, 2.05) is 13.8 Å². The van der Waals surface area contributed by atoms with Crippen LogP contribution < -0.4 is 4.72 Å². The predicted molar refractivity (Wildman–Crippen MR) is 66.5 cm³/mol. The molecule has 0 atom stereocenters. The second kappa shape index (κ2) is 9.10. The summed E-state index contributed by atoms with van der Waals surface area (Å²) in [6.07, 6.45) is 1.25. The molecular weight excluding hydrogens is 190 g/mol. The molecule has 1 aliphatic heterocycles. The van der Waals surface area contributed by atoms with Gasteiger partial charge in [0.1, 0.15) is 0 Å². The Bertz CT molecular complexity index is 213. The highest BCUT2D eigenvalue weighted by atomic mass is 32.2. The summed E-state index contributed by atoms with van der Waals surface area (Å²) < 4.78 is 3.20. The van der Waals surface area contributed by atoms with E-state index >= 15 is 0 Å². The molecule has 0 aromatic heterocycles. The van der Waals surface area contributed by atoms with Gasteiger partial charge in [0.25, 0.3) is 0 Å².